The topological polar surface area (TPSA) is 222 Å². The van der Waals surface area contributed by atoms with E-state index in [1.54, 1.807) is 13.8 Å². The number of imidazole rings is 1. The Kier molecular flexibility index (Phi) is 10.1. The Bertz CT molecular complexity index is 782. The van der Waals surface area contributed by atoms with E-state index in [1.165, 1.54) is 12.5 Å². The molecule has 13 heteroatoms. The maximum absolute atomic E-state index is 12.9. The second-order valence-corrected chi connectivity index (χ2v) is 7.05. The van der Waals surface area contributed by atoms with E-state index in [2.05, 4.69) is 25.9 Å². The summed E-state index contributed by atoms with van der Waals surface area (Å²) in [4.78, 5) is 66.4. The van der Waals surface area contributed by atoms with Crippen LogP contribution in [0.5, 0.6) is 0 Å². The molecule has 0 bridgehead atoms. The molecule has 1 aromatic heterocycles. The Balaban J connectivity index is 3.01. The number of hydrogen-bond donors (Lipinski definition) is 7. The average molecular weight is 439 g/mol. The Morgan fingerprint density at radius 1 is 1.13 bits per heavy atom. The minimum Gasteiger partial charge on any atom is -0.480 e. The number of primary amides is 1. The predicted octanol–water partition coefficient (Wildman–Crippen LogP) is -2.63. The molecule has 0 aromatic carbocycles. The summed E-state index contributed by atoms with van der Waals surface area (Å²) in [6, 6.07) is -3.71. The number of nitrogens with one attached hydrogen (secondary N) is 4. The van der Waals surface area contributed by atoms with Gasteiger partial charge in [0.15, 0.2) is 0 Å². The molecule has 172 valence electrons. The number of carboxylic acid groups (broad SMARTS) is 1. The van der Waals surface area contributed by atoms with Crippen LogP contribution in [0.3, 0.4) is 0 Å². The number of carbonyl (C=O) groups excluding carboxylic acids is 4. The lowest BCUT2D eigenvalue weighted by Gasteiger charge is -2.27. The molecular weight excluding hydrogens is 410 g/mol. The van der Waals surface area contributed by atoms with Crippen molar-refractivity contribution in [3.63, 3.8) is 0 Å². The zero-order valence-corrected chi connectivity index (χ0v) is 17.4. The fourth-order valence-electron chi connectivity index (χ4n) is 2.70. The zero-order valence-electron chi connectivity index (χ0n) is 17.4. The molecule has 4 atom stereocenters. The lowest BCUT2D eigenvalue weighted by molar-refractivity contribution is -0.144. The molecule has 0 fully saturated rings. The zero-order chi connectivity index (χ0) is 23.6. The third-order valence-corrected chi connectivity index (χ3v) is 4.63. The van der Waals surface area contributed by atoms with Gasteiger partial charge in [0, 0.05) is 18.3 Å². The van der Waals surface area contributed by atoms with E-state index in [1.807, 2.05) is 0 Å². The van der Waals surface area contributed by atoms with Crippen LogP contribution in [0.2, 0.25) is 0 Å². The summed E-state index contributed by atoms with van der Waals surface area (Å²) in [7, 11) is 0. The van der Waals surface area contributed by atoms with Crippen LogP contribution in [0, 0.1) is 5.92 Å². The fraction of sp³-hybridized carbons (Fsp3) is 0.556. The minimum absolute atomic E-state index is 0.0614. The van der Waals surface area contributed by atoms with Gasteiger partial charge >= 0.3 is 5.97 Å². The third-order valence-electron chi connectivity index (χ3n) is 4.63. The van der Waals surface area contributed by atoms with Gasteiger partial charge in [-0.25, -0.2) is 9.78 Å². The van der Waals surface area contributed by atoms with Gasteiger partial charge in [-0.3, -0.25) is 19.2 Å². The highest BCUT2D eigenvalue weighted by atomic mass is 16.4. The molecule has 0 spiro atoms. The van der Waals surface area contributed by atoms with Gasteiger partial charge in [-0.15, -0.1) is 0 Å². The molecule has 1 aromatic rings. The first-order valence-electron chi connectivity index (χ1n) is 9.67. The number of aromatic nitrogens is 2. The average Bonchev–Trinajstić information content (AvgIpc) is 3.22. The van der Waals surface area contributed by atoms with Crippen molar-refractivity contribution < 1.29 is 29.1 Å². The predicted molar refractivity (Wildman–Crippen MR) is 108 cm³/mol. The second kappa shape index (κ2) is 12.3. The summed E-state index contributed by atoms with van der Waals surface area (Å²) in [6.07, 6.45) is 2.83. The van der Waals surface area contributed by atoms with Gasteiger partial charge in [0.05, 0.1) is 19.3 Å². The summed E-state index contributed by atoms with van der Waals surface area (Å²) in [5.41, 5.74) is 10.9. The lowest BCUT2D eigenvalue weighted by Crippen LogP contribution is -2.58. The van der Waals surface area contributed by atoms with Crippen molar-refractivity contribution in [3.05, 3.63) is 18.2 Å². The molecule has 0 radical (unpaired) electrons. The Morgan fingerprint density at radius 2 is 1.81 bits per heavy atom. The van der Waals surface area contributed by atoms with E-state index in [4.69, 9.17) is 11.5 Å². The number of rotatable bonds is 13. The van der Waals surface area contributed by atoms with E-state index >= 15 is 0 Å². The number of nitrogens with zero attached hydrogens (tertiary/aromatic N) is 1. The fourth-order valence-corrected chi connectivity index (χ4v) is 2.70. The highest BCUT2D eigenvalue weighted by Crippen LogP contribution is 2.10. The molecule has 1 heterocycles. The number of aliphatic carboxylic acids is 1. The quantitative estimate of drug-likeness (QED) is 0.172. The van der Waals surface area contributed by atoms with Crippen LogP contribution in [0.1, 0.15) is 32.4 Å². The number of hydrogen-bond acceptors (Lipinski definition) is 7. The van der Waals surface area contributed by atoms with Crippen molar-refractivity contribution in [2.24, 2.45) is 17.4 Å². The van der Waals surface area contributed by atoms with Crippen molar-refractivity contribution in [1.29, 1.82) is 0 Å². The summed E-state index contributed by atoms with van der Waals surface area (Å²) in [5.74, 6) is -4.75. The van der Waals surface area contributed by atoms with E-state index in [0.717, 1.165) is 0 Å². The van der Waals surface area contributed by atoms with Gasteiger partial charge in [-0.1, -0.05) is 20.3 Å². The molecule has 1 rings (SSSR count). The molecule has 0 aliphatic carbocycles. The van der Waals surface area contributed by atoms with Crippen molar-refractivity contribution in [3.8, 4) is 0 Å². The van der Waals surface area contributed by atoms with Gasteiger partial charge in [0.1, 0.15) is 18.1 Å². The largest absolute Gasteiger partial charge is 0.480 e. The molecule has 0 aliphatic rings. The maximum atomic E-state index is 12.9. The van der Waals surface area contributed by atoms with Crippen molar-refractivity contribution in [2.45, 2.75) is 51.2 Å². The van der Waals surface area contributed by atoms with Crippen LogP contribution in [-0.4, -0.2) is 69.3 Å². The summed E-state index contributed by atoms with van der Waals surface area (Å²) in [6.45, 7) is 3.14. The van der Waals surface area contributed by atoms with E-state index in [9.17, 15) is 29.1 Å². The van der Waals surface area contributed by atoms with Crippen LogP contribution in [0.15, 0.2) is 12.5 Å². The van der Waals surface area contributed by atoms with Crippen LogP contribution < -0.4 is 27.4 Å². The Morgan fingerprint density at radius 3 is 2.29 bits per heavy atom. The highest BCUT2D eigenvalue weighted by molar-refractivity contribution is 5.94. The van der Waals surface area contributed by atoms with Crippen molar-refractivity contribution >= 4 is 29.6 Å². The van der Waals surface area contributed by atoms with Crippen LogP contribution in [-0.2, 0) is 30.4 Å². The molecule has 0 aliphatic heterocycles. The second-order valence-electron chi connectivity index (χ2n) is 7.05. The molecular formula is C18H29N7O6. The SMILES string of the molecule is CCC(C)C(NC(=O)C(Cc1cnc[nH]1)NC(=O)CN)C(=O)NC(CC(N)=O)C(=O)O. The lowest BCUT2D eigenvalue weighted by atomic mass is 9.97. The van der Waals surface area contributed by atoms with Crippen LogP contribution in [0.25, 0.3) is 0 Å². The number of H-pyrrole nitrogens is 1. The number of carboxylic acids is 1. The van der Waals surface area contributed by atoms with Gasteiger partial charge in [-0.05, 0) is 5.92 Å². The number of aromatic amines is 1. The molecule has 31 heavy (non-hydrogen) atoms. The first kappa shape index (κ1) is 25.6. The van der Waals surface area contributed by atoms with Gasteiger partial charge in [0.25, 0.3) is 0 Å². The van der Waals surface area contributed by atoms with Crippen LogP contribution >= 0.6 is 0 Å². The molecule has 9 N–H and O–H groups in total. The molecule has 4 amide bonds. The number of nitrogens with two attached hydrogens (primary N) is 2. The number of amides is 4. The highest BCUT2D eigenvalue weighted by Gasteiger charge is 2.32. The van der Waals surface area contributed by atoms with E-state index in [-0.39, 0.29) is 18.9 Å². The Hall–Kier alpha value is -3.48. The normalized spacial score (nSPS) is 14.5. The van der Waals surface area contributed by atoms with E-state index in [0.29, 0.717) is 12.1 Å². The smallest absolute Gasteiger partial charge is 0.326 e. The van der Waals surface area contributed by atoms with E-state index < -0.39 is 54.1 Å². The summed E-state index contributed by atoms with van der Waals surface area (Å²) >= 11 is 0. The molecule has 0 saturated heterocycles. The van der Waals surface area contributed by atoms with Gasteiger partial charge in [0.2, 0.25) is 23.6 Å². The third kappa shape index (κ3) is 8.42. The van der Waals surface area contributed by atoms with Gasteiger partial charge < -0.3 is 37.5 Å². The standard InChI is InChI=1S/C18H29N7O6/c1-3-9(2)15(17(29)24-12(18(30)31)5-13(20)26)25-16(28)11(23-14(27)6-19)4-10-7-21-8-22-10/h7-9,11-12,15H,3-6,19H2,1-2H3,(H2,20,26)(H,21,22)(H,23,27)(H,24,29)(H,25,28)(H,30,31). The molecule has 13 nitrogen and oxygen atoms in total. The van der Waals surface area contributed by atoms with Crippen molar-refractivity contribution in [1.82, 2.24) is 25.9 Å². The van der Waals surface area contributed by atoms with Crippen molar-refractivity contribution in [2.75, 3.05) is 6.54 Å². The molecule has 4 unspecified atom stereocenters. The monoisotopic (exact) mass is 439 g/mol. The summed E-state index contributed by atoms with van der Waals surface area (Å²) < 4.78 is 0. The van der Waals surface area contributed by atoms with Gasteiger partial charge in [-0.2, -0.15) is 0 Å². The minimum atomic E-state index is -1.54. The first-order valence-corrected chi connectivity index (χ1v) is 9.67. The number of carbonyl (C=O) groups is 5. The molecule has 0 saturated carbocycles. The maximum Gasteiger partial charge on any atom is 0.326 e. The van der Waals surface area contributed by atoms with Crippen LogP contribution in [0.4, 0.5) is 0 Å². The summed E-state index contributed by atoms with van der Waals surface area (Å²) in [5, 5.41) is 16.5. The Labute approximate surface area is 178 Å². The first-order chi connectivity index (χ1) is 14.6.